The first kappa shape index (κ1) is 10.4. The maximum Gasteiger partial charge on any atom is 0.340 e. The quantitative estimate of drug-likeness (QED) is 0.590. The Bertz CT molecular complexity index is 485. The van der Waals surface area contributed by atoms with Crippen LogP contribution in [0.4, 0.5) is 11.4 Å². The first-order valence-corrected chi connectivity index (χ1v) is 5.98. The number of benzene rings is 1. The summed E-state index contributed by atoms with van der Waals surface area (Å²) >= 11 is 0. The molecule has 2 heterocycles. The minimum atomic E-state index is -0.319. The van der Waals surface area contributed by atoms with Crippen molar-refractivity contribution in [2.24, 2.45) is 0 Å². The minimum Gasteiger partial charge on any atom is -0.465 e. The third kappa shape index (κ3) is 1.40. The summed E-state index contributed by atoms with van der Waals surface area (Å²) < 4.78 is 4.83. The first-order chi connectivity index (χ1) is 8.22. The Morgan fingerprint density at radius 2 is 2.35 bits per heavy atom. The van der Waals surface area contributed by atoms with E-state index in [-0.39, 0.29) is 5.97 Å². The minimum absolute atomic E-state index is 0.319. The van der Waals surface area contributed by atoms with Crippen molar-refractivity contribution >= 4 is 17.3 Å². The summed E-state index contributed by atoms with van der Waals surface area (Å²) in [6.45, 7) is 1.09. The van der Waals surface area contributed by atoms with Gasteiger partial charge >= 0.3 is 5.97 Å². The molecule has 1 aromatic rings. The van der Waals surface area contributed by atoms with Crippen molar-refractivity contribution in [3.63, 3.8) is 0 Å². The maximum atomic E-state index is 11.8. The molecule has 1 atom stereocenters. The lowest BCUT2D eigenvalue weighted by Crippen LogP contribution is -2.24. The third-order valence-corrected chi connectivity index (χ3v) is 3.84. The normalized spacial score (nSPS) is 21.2. The van der Waals surface area contributed by atoms with Crippen LogP contribution in [0.5, 0.6) is 0 Å². The van der Waals surface area contributed by atoms with Gasteiger partial charge in [0.2, 0.25) is 0 Å². The van der Waals surface area contributed by atoms with Crippen molar-refractivity contribution < 1.29 is 9.53 Å². The molecule has 17 heavy (non-hydrogen) atoms. The fraction of sp³-hybridized carbons (Fsp3) is 0.462. The van der Waals surface area contributed by atoms with Crippen molar-refractivity contribution in [3.05, 3.63) is 23.3 Å². The van der Waals surface area contributed by atoms with Gasteiger partial charge in [-0.1, -0.05) is 0 Å². The lowest BCUT2D eigenvalue weighted by Gasteiger charge is -2.18. The summed E-state index contributed by atoms with van der Waals surface area (Å²) in [4.78, 5) is 14.2. The zero-order chi connectivity index (χ0) is 12.0. The number of nitrogen functional groups attached to an aromatic ring is 1. The number of methoxy groups -OCH3 is 1. The molecule has 2 aliphatic heterocycles. The molecule has 0 radical (unpaired) electrons. The van der Waals surface area contributed by atoms with Gasteiger partial charge in [0.25, 0.3) is 0 Å². The van der Waals surface area contributed by atoms with Crippen LogP contribution in [0.15, 0.2) is 12.1 Å². The van der Waals surface area contributed by atoms with Crippen LogP contribution in [-0.2, 0) is 11.2 Å². The molecule has 2 aliphatic rings. The molecule has 1 aromatic carbocycles. The fourth-order valence-corrected chi connectivity index (χ4v) is 3.07. The van der Waals surface area contributed by atoms with Crippen molar-refractivity contribution in [1.29, 1.82) is 0 Å². The Balaban J connectivity index is 2.12. The van der Waals surface area contributed by atoms with Crippen LogP contribution >= 0.6 is 0 Å². The van der Waals surface area contributed by atoms with Crippen LogP contribution in [0, 0.1) is 0 Å². The average Bonchev–Trinajstić information content (AvgIpc) is 2.88. The van der Waals surface area contributed by atoms with E-state index < -0.39 is 0 Å². The van der Waals surface area contributed by atoms with Gasteiger partial charge in [0.05, 0.1) is 12.7 Å². The highest BCUT2D eigenvalue weighted by Gasteiger charge is 2.36. The fourth-order valence-electron chi connectivity index (χ4n) is 3.07. The summed E-state index contributed by atoms with van der Waals surface area (Å²) in [6.07, 6.45) is 3.36. The molecule has 90 valence electrons. The molecule has 3 rings (SSSR count). The molecule has 1 saturated heterocycles. The number of fused-ring (bicyclic) bond motifs is 3. The van der Waals surface area contributed by atoms with E-state index in [1.807, 2.05) is 12.1 Å². The molecule has 4 heteroatoms. The predicted octanol–water partition coefficient (Wildman–Crippen LogP) is 1.58. The molecule has 4 nitrogen and oxygen atoms in total. The molecule has 0 aromatic heterocycles. The monoisotopic (exact) mass is 232 g/mol. The van der Waals surface area contributed by atoms with E-state index in [2.05, 4.69) is 4.90 Å². The molecular weight excluding hydrogens is 216 g/mol. The molecule has 0 spiro atoms. The lowest BCUT2D eigenvalue weighted by molar-refractivity contribution is 0.0601. The summed E-state index contributed by atoms with van der Waals surface area (Å²) in [7, 11) is 1.40. The number of carbonyl (C=O) groups excluding carboxylic acids is 1. The number of nitrogens with two attached hydrogens (primary N) is 1. The van der Waals surface area contributed by atoms with Gasteiger partial charge in [-0.3, -0.25) is 0 Å². The highest BCUT2D eigenvalue weighted by Crippen LogP contribution is 2.41. The third-order valence-electron chi connectivity index (χ3n) is 3.84. The smallest absolute Gasteiger partial charge is 0.340 e. The number of hydrogen-bond acceptors (Lipinski definition) is 4. The highest BCUT2D eigenvalue weighted by molar-refractivity contribution is 5.99. The van der Waals surface area contributed by atoms with Crippen LogP contribution in [0.25, 0.3) is 0 Å². The first-order valence-electron chi connectivity index (χ1n) is 5.98. The molecule has 0 aliphatic carbocycles. The van der Waals surface area contributed by atoms with Gasteiger partial charge in [-0.15, -0.1) is 0 Å². The van der Waals surface area contributed by atoms with Crippen LogP contribution in [-0.4, -0.2) is 25.7 Å². The molecule has 1 fully saturated rings. The van der Waals surface area contributed by atoms with Gasteiger partial charge in [0.15, 0.2) is 0 Å². The summed E-state index contributed by atoms with van der Waals surface area (Å²) in [5.41, 5.74) is 9.23. The number of esters is 1. The van der Waals surface area contributed by atoms with Crippen LogP contribution in [0.1, 0.15) is 28.8 Å². The molecule has 0 amide bonds. The number of anilines is 2. The Labute approximate surface area is 100 Å². The molecule has 2 N–H and O–H groups in total. The zero-order valence-electron chi connectivity index (χ0n) is 9.90. The largest absolute Gasteiger partial charge is 0.465 e. The predicted molar refractivity (Wildman–Crippen MR) is 66.3 cm³/mol. The topological polar surface area (TPSA) is 55.6 Å². The second-order valence-electron chi connectivity index (χ2n) is 4.71. The summed E-state index contributed by atoms with van der Waals surface area (Å²) in [5, 5.41) is 0. The van der Waals surface area contributed by atoms with Gasteiger partial charge in [0, 0.05) is 24.0 Å². The van der Waals surface area contributed by atoms with Crippen LogP contribution in [0.3, 0.4) is 0 Å². The Hall–Kier alpha value is -1.71. The number of carbonyl (C=O) groups is 1. The second-order valence-corrected chi connectivity index (χ2v) is 4.71. The van der Waals surface area contributed by atoms with Gasteiger partial charge in [0.1, 0.15) is 0 Å². The van der Waals surface area contributed by atoms with E-state index in [0.29, 0.717) is 17.3 Å². The van der Waals surface area contributed by atoms with Crippen molar-refractivity contribution in [2.45, 2.75) is 25.3 Å². The summed E-state index contributed by atoms with van der Waals surface area (Å²) in [6, 6.07) is 4.39. The van der Waals surface area contributed by atoms with E-state index in [1.165, 1.54) is 25.6 Å². The van der Waals surface area contributed by atoms with Gasteiger partial charge < -0.3 is 15.4 Å². The van der Waals surface area contributed by atoms with Gasteiger partial charge in [-0.25, -0.2) is 4.79 Å². The van der Waals surface area contributed by atoms with Crippen LogP contribution in [0.2, 0.25) is 0 Å². The molecule has 1 unspecified atom stereocenters. The zero-order valence-corrected chi connectivity index (χ0v) is 9.90. The van der Waals surface area contributed by atoms with Crippen molar-refractivity contribution in [2.75, 3.05) is 24.3 Å². The molecular formula is C13H16N2O2. The summed E-state index contributed by atoms with van der Waals surface area (Å²) in [5.74, 6) is -0.319. The Morgan fingerprint density at radius 1 is 1.53 bits per heavy atom. The molecule has 0 saturated carbocycles. The highest BCUT2D eigenvalue weighted by atomic mass is 16.5. The second kappa shape index (κ2) is 3.65. The average molecular weight is 232 g/mol. The van der Waals surface area contributed by atoms with E-state index >= 15 is 0 Å². The van der Waals surface area contributed by atoms with E-state index in [4.69, 9.17) is 10.5 Å². The number of hydrogen-bond donors (Lipinski definition) is 1. The number of rotatable bonds is 1. The van der Waals surface area contributed by atoms with Gasteiger partial charge in [-0.05, 0) is 37.0 Å². The van der Waals surface area contributed by atoms with Crippen molar-refractivity contribution in [3.8, 4) is 0 Å². The Morgan fingerprint density at radius 3 is 3.12 bits per heavy atom. The maximum absolute atomic E-state index is 11.8. The lowest BCUT2D eigenvalue weighted by atomic mass is 10.00. The standard InChI is InChI=1S/C13H16N2O2/c1-17-13(16)12-9-7-8-3-2-6-15(8)11(9)5-4-10(12)14/h4-5,8H,2-3,6-7,14H2,1H3. The van der Waals surface area contributed by atoms with Gasteiger partial charge in [-0.2, -0.15) is 0 Å². The Kier molecular flexibility index (Phi) is 2.24. The van der Waals surface area contributed by atoms with E-state index in [1.54, 1.807) is 0 Å². The number of ether oxygens (including phenoxy) is 1. The van der Waals surface area contributed by atoms with Crippen LogP contribution < -0.4 is 10.6 Å². The van der Waals surface area contributed by atoms with E-state index in [0.717, 1.165) is 18.5 Å². The SMILES string of the molecule is COC(=O)c1c(N)ccc2c1CC1CCCN21. The molecule has 0 bridgehead atoms. The van der Waals surface area contributed by atoms with E-state index in [9.17, 15) is 4.79 Å². The van der Waals surface area contributed by atoms with Crippen molar-refractivity contribution in [1.82, 2.24) is 0 Å². The number of nitrogens with zero attached hydrogens (tertiary/aromatic N) is 1.